The van der Waals surface area contributed by atoms with Gasteiger partial charge in [-0.25, -0.2) is 4.39 Å². The molecule has 0 spiro atoms. The SMILES string of the molecule is O=S(=O)(Oc1ccc2c(c1Cl)CC(CF)N2S)C(F)(F)F. The number of benzene rings is 1. The van der Waals surface area contributed by atoms with Crippen LogP contribution >= 0.6 is 24.4 Å². The third-order valence-corrected chi connectivity index (χ3v) is 4.80. The Kier molecular flexibility index (Phi) is 4.24. The number of halogens is 5. The molecule has 21 heavy (non-hydrogen) atoms. The molecule has 0 aliphatic carbocycles. The average Bonchev–Trinajstić information content (AvgIpc) is 2.69. The van der Waals surface area contributed by atoms with Crippen molar-refractivity contribution in [2.75, 3.05) is 11.0 Å². The fraction of sp³-hybridized carbons (Fsp3) is 0.400. The normalized spacial score (nSPS) is 18.8. The fourth-order valence-electron chi connectivity index (χ4n) is 1.87. The lowest BCUT2D eigenvalue weighted by Gasteiger charge is -2.17. The summed E-state index contributed by atoms with van der Waals surface area (Å²) in [5, 5.41) is -0.310. The molecule has 1 aliphatic heterocycles. The molecular weight excluding hydrogens is 358 g/mol. The van der Waals surface area contributed by atoms with E-state index in [1.54, 1.807) is 0 Å². The summed E-state index contributed by atoms with van der Waals surface area (Å²) in [6, 6.07) is 1.61. The van der Waals surface area contributed by atoms with Crippen molar-refractivity contribution in [1.29, 1.82) is 0 Å². The zero-order valence-electron chi connectivity index (χ0n) is 10.1. The van der Waals surface area contributed by atoms with E-state index in [1.165, 1.54) is 10.4 Å². The summed E-state index contributed by atoms with van der Waals surface area (Å²) < 4.78 is 76.8. The molecule has 1 unspecified atom stereocenters. The Morgan fingerprint density at radius 3 is 2.57 bits per heavy atom. The minimum atomic E-state index is -5.81. The predicted octanol–water partition coefficient (Wildman–Crippen LogP) is 3.11. The monoisotopic (exact) mass is 365 g/mol. The van der Waals surface area contributed by atoms with Crippen LogP contribution in [0, 0.1) is 0 Å². The summed E-state index contributed by atoms with van der Waals surface area (Å²) in [6.45, 7) is -0.744. The maximum atomic E-state index is 12.8. The molecule has 2 rings (SSSR count). The van der Waals surface area contributed by atoms with Gasteiger partial charge >= 0.3 is 15.6 Å². The number of hydrogen-bond acceptors (Lipinski definition) is 5. The zero-order valence-corrected chi connectivity index (χ0v) is 12.5. The first-order chi connectivity index (χ1) is 9.58. The van der Waals surface area contributed by atoms with Crippen LogP contribution in [0.1, 0.15) is 5.56 Å². The molecule has 1 aliphatic rings. The molecule has 0 radical (unpaired) electrons. The van der Waals surface area contributed by atoms with E-state index in [-0.39, 0.29) is 17.0 Å². The summed E-state index contributed by atoms with van der Waals surface area (Å²) in [5.41, 5.74) is -4.89. The highest BCUT2D eigenvalue weighted by molar-refractivity contribution is 7.88. The van der Waals surface area contributed by atoms with Crippen LogP contribution in [0.4, 0.5) is 23.2 Å². The number of nitrogens with zero attached hydrogens (tertiary/aromatic N) is 1. The van der Waals surface area contributed by atoms with Crippen LogP contribution in [0.15, 0.2) is 12.1 Å². The summed E-state index contributed by atoms with van der Waals surface area (Å²) >= 11 is 9.91. The Balaban J connectivity index is 2.39. The summed E-state index contributed by atoms with van der Waals surface area (Å²) in [7, 11) is -5.81. The van der Waals surface area contributed by atoms with Gasteiger partial charge in [-0.15, -0.1) is 0 Å². The molecule has 0 fully saturated rings. The number of alkyl halides is 4. The number of fused-ring (bicyclic) bond motifs is 1. The van der Waals surface area contributed by atoms with E-state index in [0.717, 1.165) is 6.07 Å². The number of thiol groups is 1. The first-order valence-corrected chi connectivity index (χ1v) is 7.63. The second-order valence-electron chi connectivity index (χ2n) is 4.22. The molecular formula is C10H8ClF4NO3S2. The van der Waals surface area contributed by atoms with Gasteiger partial charge in [0.25, 0.3) is 0 Å². The molecule has 1 heterocycles. The van der Waals surface area contributed by atoms with Crippen molar-refractivity contribution >= 4 is 40.2 Å². The Hall–Kier alpha value is -0.870. The lowest BCUT2D eigenvalue weighted by Crippen LogP contribution is -2.28. The molecule has 1 aromatic rings. The lowest BCUT2D eigenvalue weighted by atomic mass is 10.1. The van der Waals surface area contributed by atoms with Gasteiger partial charge in [-0.05, 0) is 18.6 Å². The van der Waals surface area contributed by atoms with Gasteiger partial charge in [-0.1, -0.05) is 24.4 Å². The van der Waals surface area contributed by atoms with E-state index < -0.39 is 34.1 Å². The van der Waals surface area contributed by atoms with Gasteiger partial charge in [0, 0.05) is 5.56 Å². The summed E-state index contributed by atoms with van der Waals surface area (Å²) in [5.74, 6) is -0.658. The van der Waals surface area contributed by atoms with Crippen molar-refractivity contribution < 1.29 is 30.2 Å². The maximum absolute atomic E-state index is 12.8. The molecule has 4 nitrogen and oxygen atoms in total. The minimum Gasteiger partial charge on any atom is -0.374 e. The van der Waals surface area contributed by atoms with Gasteiger partial charge in [-0.2, -0.15) is 21.6 Å². The van der Waals surface area contributed by atoms with Crippen LogP contribution in [0.2, 0.25) is 5.02 Å². The fourth-order valence-corrected chi connectivity index (χ4v) is 2.99. The zero-order chi connectivity index (χ0) is 16.0. The second-order valence-corrected chi connectivity index (χ2v) is 6.56. The maximum Gasteiger partial charge on any atom is 0.534 e. The van der Waals surface area contributed by atoms with Crippen molar-refractivity contribution in [3.63, 3.8) is 0 Å². The summed E-state index contributed by atoms with van der Waals surface area (Å²) in [6.07, 6.45) is 0.0808. The molecule has 0 saturated carbocycles. The van der Waals surface area contributed by atoms with Gasteiger partial charge in [0.05, 0.1) is 16.8 Å². The van der Waals surface area contributed by atoms with E-state index in [0.29, 0.717) is 5.69 Å². The van der Waals surface area contributed by atoms with Crippen LogP contribution in [0.3, 0.4) is 0 Å². The van der Waals surface area contributed by atoms with E-state index >= 15 is 0 Å². The van der Waals surface area contributed by atoms with Crippen molar-refractivity contribution in [3.05, 3.63) is 22.7 Å². The quantitative estimate of drug-likeness (QED) is 0.387. The Morgan fingerprint density at radius 1 is 1.43 bits per heavy atom. The highest BCUT2D eigenvalue weighted by Crippen LogP contribution is 2.43. The molecule has 118 valence electrons. The average molecular weight is 366 g/mol. The van der Waals surface area contributed by atoms with E-state index in [4.69, 9.17) is 11.6 Å². The second kappa shape index (κ2) is 5.40. The van der Waals surface area contributed by atoms with E-state index in [9.17, 15) is 26.0 Å². The van der Waals surface area contributed by atoms with Crippen molar-refractivity contribution in [3.8, 4) is 5.75 Å². The topological polar surface area (TPSA) is 46.6 Å². The van der Waals surface area contributed by atoms with Crippen molar-refractivity contribution in [1.82, 2.24) is 0 Å². The van der Waals surface area contributed by atoms with Crippen LogP contribution in [0.25, 0.3) is 0 Å². The number of anilines is 1. The number of rotatable bonds is 3. The molecule has 1 aromatic carbocycles. The van der Waals surface area contributed by atoms with Gasteiger partial charge in [0.15, 0.2) is 5.75 Å². The van der Waals surface area contributed by atoms with Crippen LogP contribution in [-0.4, -0.2) is 26.6 Å². The van der Waals surface area contributed by atoms with Crippen LogP contribution < -0.4 is 8.49 Å². The Labute approximate surface area is 128 Å². The molecule has 0 bridgehead atoms. The van der Waals surface area contributed by atoms with Crippen LogP contribution in [0.5, 0.6) is 5.75 Å². The molecule has 0 N–H and O–H groups in total. The first-order valence-electron chi connectivity index (χ1n) is 5.44. The lowest BCUT2D eigenvalue weighted by molar-refractivity contribution is -0.0500. The third-order valence-electron chi connectivity index (χ3n) is 2.88. The third kappa shape index (κ3) is 2.88. The molecule has 0 aromatic heterocycles. The van der Waals surface area contributed by atoms with Crippen molar-refractivity contribution in [2.45, 2.75) is 18.0 Å². The Morgan fingerprint density at radius 2 is 2.05 bits per heavy atom. The van der Waals surface area contributed by atoms with Crippen LogP contribution in [-0.2, 0) is 16.5 Å². The predicted molar refractivity (Wildman–Crippen MR) is 72.0 cm³/mol. The van der Waals surface area contributed by atoms with E-state index in [1.807, 2.05) is 0 Å². The van der Waals surface area contributed by atoms with Gasteiger partial charge in [0.1, 0.15) is 6.67 Å². The van der Waals surface area contributed by atoms with Gasteiger partial charge in [-0.3, -0.25) is 0 Å². The smallest absolute Gasteiger partial charge is 0.374 e. The molecule has 1 atom stereocenters. The highest BCUT2D eigenvalue weighted by Gasteiger charge is 2.49. The van der Waals surface area contributed by atoms with Crippen molar-refractivity contribution in [2.24, 2.45) is 0 Å². The summed E-state index contributed by atoms with van der Waals surface area (Å²) in [4.78, 5) is 0. The molecule has 0 amide bonds. The first kappa shape index (κ1) is 16.5. The Bertz CT molecular complexity index is 665. The highest BCUT2D eigenvalue weighted by atomic mass is 35.5. The minimum absolute atomic E-state index is 0.0808. The molecule has 11 heteroatoms. The van der Waals surface area contributed by atoms with Gasteiger partial charge < -0.3 is 8.49 Å². The number of hydrogen-bond donors (Lipinski definition) is 1. The van der Waals surface area contributed by atoms with Gasteiger partial charge in [0.2, 0.25) is 0 Å². The molecule has 0 saturated heterocycles. The standard InChI is InChI=1S/C10H8ClF4NO3S2/c11-9-6-3-5(4-12)16(20)7(6)1-2-8(9)19-21(17,18)10(13,14)15/h1-2,5,20H,3-4H2. The van der Waals surface area contributed by atoms with E-state index in [2.05, 4.69) is 17.0 Å². The largest absolute Gasteiger partial charge is 0.534 e.